The normalized spacial score (nSPS) is 23.8. The molecule has 23 heavy (non-hydrogen) atoms. The summed E-state index contributed by atoms with van der Waals surface area (Å²) >= 11 is 0. The summed E-state index contributed by atoms with van der Waals surface area (Å²) < 4.78 is 37.8. The van der Waals surface area contributed by atoms with Gasteiger partial charge in [0.05, 0.1) is 31.3 Å². The molecule has 1 aromatic heterocycles. The Kier molecular flexibility index (Phi) is 5.01. The molecule has 1 aliphatic heterocycles. The molecule has 1 saturated heterocycles. The summed E-state index contributed by atoms with van der Waals surface area (Å²) in [6.45, 7) is 0.901. The quantitative estimate of drug-likeness (QED) is 0.809. The first-order valence-corrected chi connectivity index (χ1v) is 9.61. The van der Waals surface area contributed by atoms with Crippen LogP contribution in [0.4, 0.5) is 0 Å². The van der Waals surface area contributed by atoms with E-state index in [1.165, 1.54) is 19.5 Å². The van der Waals surface area contributed by atoms with Gasteiger partial charge in [-0.05, 0) is 19.3 Å². The molecule has 0 amide bonds. The number of sulfonamides is 1. The van der Waals surface area contributed by atoms with Gasteiger partial charge in [0.2, 0.25) is 21.8 Å². The van der Waals surface area contributed by atoms with Gasteiger partial charge in [-0.1, -0.05) is 19.3 Å². The van der Waals surface area contributed by atoms with Gasteiger partial charge < -0.3 is 9.47 Å². The second kappa shape index (κ2) is 7.00. The van der Waals surface area contributed by atoms with E-state index in [1.54, 1.807) is 4.31 Å². The first-order valence-electron chi connectivity index (χ1n) is 8.11. The minimum Gasteiger partial charge on any atom is -0.480 e. The van der Waals surface area contributed by atoms with E-state index < -0.39 is 10.0 Å². The molecule has 1 aromatic rings. The van der Waals surface area contributed by atoms with Crippen LogP contribution in [-0.2, 0) is 10.0 Å². The number of methoxy groups -OCH3 is 1. The van der Waals surface area contributed by atoms with Crippen molar-refractivity contribution in [3.05, 3.63) is 12.4 Å². The maximum atomic E-state index is 12.7. The fraction of sp³-hybridized carbons (Fsp3) is 0.733. The molecule has 1 atom stereocenters. The minimum absolute atomic E-state index is 0.185. The van der Waals surface area contributed by atoms with E-state index in [9.17, 15) is 8.42 Å². The van der Waals surface area contributed by atoms with Crippen molar-refractivity contribution in [1.82, 2.24) is 14.3 Å². The first-order chi connectivity index (χ1) is 11.1. The zero-order valence-corrected chi connectivity index (χ0v) is 14.2. The van der Waals surface area contributed by atoms with Crippen molar-refractivity contribution in [3.63, 3.8) is 0 Å². The molecule has 2 heterocycles. The molecular weight excluding hydrogens is 318 g/mol. The lowest BCUT2D eigenvalue weighted by Crippen LogP contribution is -2.39. The zero-order chi connectivity index (χ0) is 16.3. The van der Waals surface area contributed by atoms with Gasteiger partial charge in [-0.3, -0.25) is 4.98 Å². The van der Waals surface area contributed by atoms with E-state index in [0.29, 0.717) is 31.3 Å². The molecule has 0 radical (unpaired) electrons. The second-order valence-electron chi connectivity index (χ2n) is 6.09. The predicted molar refractivity (Wildman–Crippen MR) is 85.0 cm³/mol. The largest absolute Gasteiger partial charge is 0.480 e. The Hall–Kier alpha value is -1.41. The van der Waals surface area contributed by atoms with Crippen LogP contribution < -0.4 is 9.47 Å². The van der Waals surface area contributed by atoms with Crippen LogP contribution in [0.2, 0.25) is 0 Å². The third-order valence-corrected chi connectivity index (χ3v) is 6.89. The smallest absolute Gasteiger partial charge is 0.235 e. The van der Waals surface area contributed by atoms with Crippen molar-refractivity contribution in [2.45, 2.75) is 49.9 Å². The highest BCUT2D eigenvalue weighted by molar-refractivity contribution is 7.89. The molecule has 2 aliphatic rings. The Morgan fingerprint density at radius 1 is 1.13 bits per heavy atom. The SMILES string of the molecule is COc1cncc(O[C@@H]2CCN(S(=O)(=O)C3CCCCC3)C2)n1. The van der Waals surface area contributed by atoms with Gasteiger partial charge in [-0.25, -0.2) is 8.42 Å². The molecule has 0 aromatic carbocycles. The lowest BCUT2D eigenvalue weighted by Gasteiger charge is -2.26. The highest BCUT2D eigenvalue weighted by Gasteiger charge is 2.38. The van der Waals surface area contributed by atoms with E-state index in [4.69, 9.17) is 9.47 Å². The van der Waals surface area contributed by atoms with Crippen LogP contribution in [0.5, 0.6) is 11.8 Å². The fourth-order valence-electron chi connectivity index (χ4n) is 3.26. The molecule has 1 aliphatic carbocycles. The fourth-order valence-corrected chi connectivity index (χ4v) is 5.34. The molecule has 0 bridgehead atoms. The molecule has 1 saturated carbocycles. The topological polar surface area (TPSA) is 81.6 Å². The van der Waals surface area contributed by atoms with Crippen molar-refractivity contribution < 1.29 is 17.9 Å². The van der Waals surface area contributed by atoms with Gasteiger partial charge in [0.25, 0.3) is 0 Å². The summed E-state index contributed by atoms with van der Waals surface area (Å²) in [6, 6.07) is 0. The van der Waals surface area contributed by atoms with E-state index >= 15 is 0 Å². The summed E-state index contributed by atoms with van der Waals surface area (Å²) in [4.78, 5) is 8.15. The van der Waals surface area contributed by atoms with Gasteiger partial charge in [0, 0.05) is 6.54 Å². The highest BCUT2D eigenvalue weighted by atomic mass is 32.2. The van der Waals surface area contributed by atoms with Gasteiger partial charge >= 0.3 is 0 Å². The van der Waals surface area contributed by atoms with Crippen molar-refractivity contribution in [1.29, 1.82) is 0 Å². The van der Waals surface area contributed by atoms with Crippen LogP contribution in [0.1, 0.15) is 38.5 Å². The Morgan fingerprint density at radius 3 is 2.61 bits per heavy atom. The Balaban J connectivity index is 1.61. The summed E-state index contributed by atoms with van der Waals surface area (Å²) in [6.07, 6.45) is 8.24. The van der Waals surface area contributed by atoms with Gasteiger partial charge in [0.15, 0.2) is 0 Å². The molecule has 0 N–H and O–H groups in total. The molecule has 128 valence electrons. The maximum absolute atomic E-state index is 12.7. The molecular formula is C15H23N3O4S. The van der Waals surface area contributed by atoms with Crippen LogP contribution in [0.15, 0.2) is 12.4 Å². The monoisotopic (exact) mass is 341 g/mol. The maximum Gasteiger partial charge on any atom is 0.235 e. The highest BCUT2D eigenvalue weighted by Crippen LogP contribution is 2.29. The summed E-state index contributed by atoms with van der Waals surface area (Å²) in [7, 11) is -1.69. The summed E-state index contributed by atoms with van der Waals surface area (Å²) in [5, 5.41) is -0.216. The lowest BCUT2D eigenvalue weighted by molar-refractivity contribution is 0.203. The van der Waals surface area contributed by atoms with E-state index in [1.807, 2.05) is 0 Å². The number of hydrogen-bond acceptors (Lipinski definition) is 6. The van der Waals surface area contributed by atoms with Crippen molar-refractivity contribution >= 4 is 10.0 Å². The molecule has 0 unspecified atom stereocenters. The third kappa shape index (κ3) is 3.74. The van der Waals surface area contributed by atoms with E-state index in [2.05, 4.69) is 9.97 Å². The summed E-state index contributed by atoms with van der Waals surface area (Å²) in [5.74, 6) is 0.749. The molecule has 0 spiro atoms. The molecule has 8 heteroatoms. The van der Waals surface area contributed by atoms with E-state index in [-0.39, 0.29) is 11.4 Å². The van der Waals surface area contributed by atoms with Gasteiger partial charge in [-0.2, -0.15) is 9.29 Å². The lowest BCUT2D eigenvalue weighted by atomic mass is 10.0. The Morgan fingerprint density at radius 2 is 1.87 bits per heavy atom. The Labute approximate surface area is 137 Å². The second-order valence-corrected chi connectivity index (χ2v) is 8.30. The average Bonchev–Trinajstić information content (AvgIpc) is 3.05. The zero-order valence-electron chi connectivity index (χ0n) is 13.3. The Bertz CT molecular complexity index is 631. The molecule has 7 nitrogen and oxygen atoms in total. The summed E-state index contributed by atoms with van der Waals surface area (Å²) in [5.41, 5.74) is 0. The average molecular weight is 341 g/mol. The van der Waals surface area contributed by atoms with Crippen LogP contribution in [0.25, 0.3) is 0 Å². The van der Waals surface area contributed by atoms with Crippen LogP contribution in [0, 0.1) is 0 Å². The van der Waals surface area contributed by atoms with E-state index in [0.717, 1.165) is 32.1 Å². The van der Waals surface area contributed by atoms with Crippen molar-refractivity contribution in [2.75, 3.05) is 20.2 Å². The van der Waals surface area contributed by atoms with Crippen LogP contribution in [-0.4, -0.2) is 54.2 Å². The van der Waals surface area contributed by atoms with Crippen LogP contribution >= 0.6 is 0 Å². The van der Waals surface area contributed by atoms with Gasteiger partial charge in [-0.15, -0.1) is 0 Å². The van der Waals surface area contributed by atoms with Crippen LogP contribution in [0.3, 0.4) is 0 Å². The number of hydrogen-bond donors (Lipinski definition) is 0. The first kappa shape index (κ1) is 16.4. The number of ether oxygens (including phenoxy) is 2. The standard InChI is InChI=1S/C15H23N3O4S/c1-21-14-9-16-10-15(17-14)22-12-7-8-18(11-12)23(19,20)13-5-3-2-4-6-13/h9-10,12-13H,2-8,11H2,1H3/t12-/m1/s1. The molecule has 2 fully saturated rings. The third-order valence-electron chi connectivity index (χ3n) is 4.53. The van der Waals surface area contributed by atoms with Crippen molar-refractivity contribution in [3.8, 4) is 11.8 Å². The number of nitrogens with zero attached hydrogens (tertiary/aromatic N) is 3. The van der Waals surface area contributed by atoms with Crippen molar-refractivity contribution in [2.24, 2.45) is 0 Å². The minimum atomic E-state index is -3.21. The number of rotatable bonds is 5. The number of aromatic nitrogens is 2. The molecule has 3 rings (SSSR count). The van der Waals surface area contributed by atoms with Gasteiger partial charge in [0.1, 0.15) is 6.10 Å². The predicted octanol–water partition coefficient (Wildman–Crippen LogP) is 1.60.